The molecule has 2 aromatic carbocycles. The van der Waals surface area contributed by atoms with Gasteiger partial charge in [-0.15, -0.1) is 0 Å². The predicted molar refractivity (Wildman–Crippen MR) is 124 cm³/mol. The number of fused-ring (bicyclic) bond motifs is 2. The number of pyridine rings is 1. The maximum Gasteiger partial charge on any atom is 0.258 e. The molecule has 3 aromatic rings. The standard InChI is InChI=1S/C26H23N3O5/c1-15-10-19-23(26(30)29(15)9-8-16-6-4-3-5-7-16)22(18(13-27)25(28)34-19)17-11-20(31-2)24-21(12-17)32-14-33-24/h3-7,10-12,22H,8-9,14,28H2,1-2H3/t22-/m0/s1. The average molecular weight is 457 g/mol. The Labute approximate surface area is 196 Å². The van der Waals surface area contributed by atoms with Crippen molar-refractivity contribution in [2.45, 2.75) is 25.8 Å². The van der Waals surface area contributed by atoms with E-state index in [4.69, 9.17) is 24.7 Å². The van der Waals surface area contributed by atoms with E-state index in [1.807, 2.05) is 37.3 Å². The molecule has 3 heterocycles. The molecule has 172 valence electrons. The number of benzene rings is 2. The van der Waals surface area contributed by atoms with Gasteiger partial charge < -0.3 is 29.2 Å². The average Bonchev–Trinajstić information content (AvgIpc) is 3.32. The lowest BCUT2D eigenvalue weighted by Crippen LogP contribution is -2.33. The Hall–Kier alpha value is -4.38. The van der Waals surface area contributed by atoms with Gasteiger partial charge in [-0.2, -0.15) is 5.26 Å². The number of aryl methyl sites for hydroxylation is 2. The first-order valence-electron chi connectivity index (χ1n) is 10.8. The summed E-state index contributed by atoms with van der Waals surface area (Å²) in [6.07, 6.45) is 0.687. The second-order valence-electron chi connectivity index (χ2n) is 8.14. The summed E-state index contributed by atoms with van der Waals surface area (Å²) in [6, 6.07) is 17.4. The number of nitriles is 1. The van der Waals surface area contributed by atoms with Crippen molar-refractivity contribution >= 4 is 0 Å². The molecule has 1 aromatic heterocycles. The van der Waals surface area contributed by atoms with E-state index in [2.05, 4.69) is 6.07 Å². The molecule has 0 saturated heterocycles. The molecule has 0 aliphatic carbocycles. The molecule has 0 bridgehead atoms. The monoisotopic (exact) mass is 457 g/mol. The number of ether oxygens (including phenoxy) is 4. The number of aromatic nitrogens is 1. The lowest BCUT2D eigenvalue weighted by molar-refractivity contribution is 0.171. The highest BCUT2D eigenvalue weighted by atomic mass is 16.7. The van der Waals surface area contributed by atoms with Crippen molar-refractivity contribution < 1.29 is 18.9 Å². The second-order valence-corrected chi connectivity index (χ2v) is 8.14. The van der Waals surface area contributed by atoms with E-state index < -0.39 is 5.92 Å². The zero-order valence-electron chi connectivity index (χ0n) is 18.8. The fourth-order valence-electron chi connectivity index (χ4n) is 4.50. The van der Waals surface area contributed by atoms with Gasteiger partial charge in [0, 0.05) is 18.3 Å². The van der Waals surface area contributed by atoms with Gasteiger partial charge in [0.2, 0.25) is 18.4 Å². The third-order valence-electron chi connectivity index (χ3n) is 6.17. The van der Waals surface area contributed by atoms with Gasteiger partial charge >= 0.3 is 0 Å². The van der Waals surface area contributed by atoms with Crippen molar-refractivity contribution in [1.82, 2.24) is 4.57 Å². The van der Waals surface area contributed by atoms with Crippen LogP contribution in [0, 0.1) is 18.3 Å². The molecular formula is C26H23N3O5. The molecule has 2 aliphatic rings. The Bertz CT molecular complexity index is 1400. The van der Waals surface area contributed by atoms with Crippen molar-refractivity contribution in [3.8, 4) is 29.1 Å². The molecule has 34 heavy (non-hydrogen) atoms. The molecular weight excluding hydrogens is 434 g/mol. The number of hydrogen-bond acceptors (Lipinski definition) is 7. The van der Waals surface area contributed by atoms with Gasteiger partial charge in [0.25, 0.3) is 5.56 Å². The van der Waals surface area contributed by atoms with Crippen LogP contribution in [0.4, 0.5) is 0 Å². The Kier molecular flexibility index (Phi) is 5.38. The molecule has 0 unspecified atom stereocenters. The minimum Gasteiger partial charge on any atom is -0.493 e. The molecule has 2 aliphatic heterocycles. The van der Waals surface area contributed by atoms with Crippen LogP contribution in [0.15, 0.2) is 64.8 Å². The summed E-state index contributed by atoms with van der Waals surface area (Å²) >= 11 is 0. The minimum atomic E-state index is -0.742. The highest BCUT2D eigenvalue weighted by molar-refractivity contribution is 5.61. The van der Waals surface area contributed by atoms with Crippen LogP contribution >= 0.6 is 0 Å². The maximum absolute atomic E-state index is 13.8. The lowest BCUT2D eigenvalue weighted by Gasteiger charge is -2.27. The first kappa shape index (κ1) is 21.5. The normalized spacial score (nSPS) is 16.0. The maximum atomic E-state index is 13.8. The molecule has 5 rings (SSSR count). The first-order valence-corrected chi connectivity index (χ1v) is 10.8. The van der Waals surface area contributed by atoms with Crippen LogP contribution in [0.25, 0.3) is 0 Å². The first-order chi connectivity index (χ1) is 16.5. The van der Waals surface area contributed by atoms with Gasteiger partial charge in [-0.25, -0.2) is 0 Å². The Balaban J connectivity index is 1.65. The van der Waals surface area contributed by atoms with E-state index in [0.29, 0.717) is 47.1 Å². The van der Waals surface area contributed by atoms with E-state index in [9.17, 15) is 10.1 Å². The van der Waals surface area contributed by atoms with Crippen LogP contribution in [0.3, 0.4) is 0 Å². The molecule has 0 radical (unpaired) electrons. The van der Waals surface area contributed by atoms with Gasteiger partial charge in [-0.05, 0) is 36.6 Å². The van der Waals surface area contributed by atoms with E-state index in [1.165, 1.54) is 7.11 Å². The van der Waals surface area contributed by atoms with Gasteiger partial charge in [-0.3, -0.25) is 4.79 Å². The van der Waals surface area contributed by atoms with E-state index in [1.54, 1.807) is 22.8 Å². The third kappa shape index (κ3) is 3.52. The molecule has 8 heteroatoms. The van der Waals surface area contributed by atoms with Crippen LogP contribution in [-0.2, 0) is 13.0 Å². The van der Waals surface area contributed by atoms with Gasteiger partial charge in [0.1, 0.15) is 17.4 Å². The summed E-state index contributed by atoms with van der Waals surface area (Å²) in [5, 5.41) is 9.94. The van der Waals surface area contributed by atoms with Crippen molar-refractivity contribution in [1.29, 1.82) is 5.26 Å². The van der Waals surface area contributed by atoms with Crippen molar-refractivity contribution in [2.75, 3.05) is 13.9 Å². The van der Waals surface area contributed by atoms with Crippen molar-refractivity contribution in [2.24, 2.45) is 5.73 Å². The van der Waals surface area contributed by atoms with Crippen LogP contribution in [0.1, 0.15) is 28.3 Å². The quantitative estimate of drug-likeness (QED) is 0.626. The number of nitrogens with two attached hydrogens (primary N) is 1. The number of hydrogen-bond donors (Lipinski definition) is 1. The lowest BCUT2D eigenvalue weighted by atomic mass is 9.83. The Morgan fingerprint density at radius 3 is 2.71 bits per heavy atom. The second kappa shape index (κ2) is 8.52. The Morgan fingerprint density at radius 2 is 1.97 bits per heavy atom. The van der Waals surface area contributed by atoms with Crippen molar-refractivity contribution in [3.05, 3.63) is 92.7 Å². The highest BCUT2D eigenvalue weighted by Crippen LogP contribution is 2.47. The van der Waals surface area contributed by atoms with Gasteiger partial charge in [0.15, 0.2) is 11.5 Å². The van der Waals surface area contributed by atoms with E-state index in [0.717, 1.165) is 11.3 Å². The number of rotatable bonds is 5. The number of allylic oxidation sites excluding steroid dienone is 1. The summed E-state index contributed by atoms with van der Waals surface area (Å²) in [5.41, 5.74) is 8.90. The summed E-state index contributed by atoms with van der Waals surface area (Å²) in [5.74, 6) is 0.987. The molecule has 0 saturated carbocycles. The minimum absolute atomic E-state index is 0.0301. The number of methoxy groups -OCH3 is 1. The van der Waals surface area contributed by atoms with Gasteiger partial charge in [0.05, 0.1) is 18.6 Å². The largest absolute Gasteiger partial charge is 0.493 e. The molecule has 2 N–H and O–H groups in total. The fraction of sp³-hybridized carbons (Fsp3) is 0.231. The smallest absolute Gasteiger partial charge is 0.258 e. The number of nitrogens with zero attached hydrogens (tertiary/aromatic N) is 2. The predicted octanol–water partition coefficient (Wildman–Crippen LogP) is 3.35. The zero-order chi connectivity index (χ0) is 23.8. The summed E-state index contributed by atoms with van der Waals surface area (Å²) in [4.78, 5) is 13.8. The van der Waals surface area contributed by atoms with E-state index in [-0.39, 0.29) is 23.8 Å². The van der Waals surface area contributed by atoms with Crippen LogP contribution in [0.2, 0.25) is 0 Å². The van der Waals surface area contributed by atoms with Crippen LogP contribution < -0.4 is 30.2 Å². The molecule has 0 amide bonds. The van der Waals surface area contributed by atoms with Crippen molar-refractivity contribution in [3.63, 3.8) is 0 Å². The van der Waals surface area contributed by atoms with Gasteiger partial charge in [-0.1, -0.05) is 30.3 Å². The summed E-state index contributed by atoms with van der Waals surface area (Å²) in [6.45, 7) is 2.41. The van der Waals surface area contributed by atoms with E-state index >= 15 is 0 Å². The molecule has 8 nitrogen and oxygen atoms in total. The van der Waals surface area contributed by atoms with Crippen LogP contribution in [0.5, 0.6) is 23.0 Å². The topological polar surface area (TPSA) is 109 Å². The highest BCUT2D eigenvalue weighted by Gasteiger charge is 2.36. The zero-order valence-corrected chi connectivity index (χ0v) is 18.8. The molecule has 1 atom stereocenters. The van der Waals surface area contributed by atoms with Crippen LogP contribution in [-0.4, -0.2) is 18.5 Å². The SMILES string of the molecule is COc1cc([C@H]2C(C#N)=C(N)Oc3cc(C)n(CCc4ccccc4)c(=O)c32)cc2c1OCO2. The third-order valence-corrected chi connectivity index (χ3v) is 6.17. The Morgan fingerprint density at radius 1 is 1.18 bits per heavy atom. The molecule has 0 fully saturated rings. The summed E-state index contributed by atoms with van der Waals surface area (Å²) in [7, 11) is 1.52. The fourth-order valence-corrected chi connectivity index (χ4v) is 4.50. The summed E-state index contributed by atoms with van der Waals surface area (Å²) < 4.78 is 24.0. The molecule has 0 spiro atoms.